The van der Waals surface area contributed by atoms with E-state index in [1.807, 2.05) is 90.4 Å². The number of rotatable bonds is 5. The second-order valence-corrected chi connectivity index (χ2v) is 10.2. The van der Waals surface area contributed by atoms with Crippen molar-refractivity contribution in [3.63, 3.8) is 0 Å². The maximum absolute atomic E-state index is 14.6. The number of ether oxygens (including phenoxy) is 2. The van der Waals surface area contributed by atoms with Crippen molar-refractivity contribution in [1.82, 2.24) is 9.88 Å². The molecule has 0 radical (unpaired) electrons. The van der Waals surface area contributed by atoms with Gasteiger partial charge >= 0.3 is 11.9 Å². The highest BCUT2D eigenvalue weighted by Gasteiger charge is 2.69. The van der Waals surface area contributed by atoms with E-state index in [1.54, 1.807) is 25.8 Å². The van der Waals surface area contributed by atoms with E-state index < -0.39 is 29.1 Å². The summed E-state index contributed by atoms with van der Waals surface area (Å²) in [5.41, 5.74) is 0.674. The molecule has 0 unspecified atom stereocenters. The lowest BCUT2D eigenvalue weighted by Crippen LogP contribution is -2.75. The van der Waals surface area contributed by atoms with Crippen LogP contribution in [0, 0.1) is 6.92 Å². The van der Waals surface area contributed by atoms with Crippen LogP contribution in [0.25, 0.3) is 10.9 Å². The smallest absolute Gasteiger partial charge is 0.339 e. The molecule has 0 fully saturated rings. The number of benzene rings is 3. The highest BCUT2D eigenvalue weighted by molar-refractivity contribution is 6.13. The Hall–Kier alpha value is -4.43. The molecule has 0 aliphatic carbocycles. The Bertz CT molecular complexity index is 1640. The molecule has 8 nitrogen and oxygen atoms in total. The molecular formula is C32H31N3O5. The van der Waals surface area contributed by atoms with Crippen LogP contribution in [0.15, 0.2) is 78.9 Å². The van der Waals surface area contributed by atoms with Gasteiger partial charge in [0.25, 0.3) is 5.91 Å². The van der Waals surface area contributed by atoms with E-state index in [0.717, 1.165) is 16.5 Å². The Morgan fingerprint density at radius 3 is 2.15 bits per heavy atom. The fraction of sp³-hybridized carbons (Fsp3) is 0.281. The number of esters is 2. The van der Waals surface area contributed by atoms with Gasteiger partial charge in [-0.15, -0.1) is 0 Å². The van der Waals surface area contributed by atoms with Gasteiger partial charge in [0.1, 0.15) is 0 Å². The second kappa shape index (κ2) is 9.34. The van der Waals surface area contributed by atoms with E-state index >= 15 is 0 Å². The quantitative estimate of drug-likeness (QED) is 0.303. The molecular weight excluding hydrogens is 506 g/mol. The van der Waals surface area contributed by atoms with Crippen LogP contribution in [0.1, 0.15) is 42.1 Å². The van der Waals surface area contributed by atoms with Gasteiger partial charge in [0, 0.05) is 23.7 Å². The maximum Gasteiger partial charge on any atom is 0.339 e. The molecule has 0 bridgehead atoms. The second-order valence-electron chi connectivity index (χ2n) is 10.2. The number of carbonyl (C=O) groups excluding carboxylic acids is 3. The number of likely N-dealkylation sites (N-methyl/N-ethyl adjacent to an activating group) is 1. The Kier molecular flexibility index (Phi) is 6.03. The van der Waals surface area contributed by atoms with Gasteiger partial charge in [0.05, 0.1) is 30.3 Å². The van der Waals surface area contributed by atoms with Gasteiger partial charge in [-0.3, -0.25) is 10.1 Å². The number of nitrogens with zero attached hydrogens (tertiary/aromatic N) is 2. The summed E-state index contributed by atoms with van der Waals surface area (Å²) in [6, 6.07) is 24.7. The summed E-state index contributed by atoms with van der Waals surface area (Å²) in [6.45, 7) is 5.45. The van der Waals surface area contributed by atoms with Crippen molar-refractivity contribution in [2.75, 3.05) is 25.2 Å². The zero-order valence-corrected chi connectivity index (χ0v) is 22.9. The lowest BCUT2D eigenvalue weighted by Gasteiger charge is -2.49. The monoisotopic (exact) mass is 537 g/mol. The molecule has 204 valence electrons. The Balaban J connectivity index is 1.84. The summed E-state index contributed by atoms with van der Waals surface area (Å²) in [6.07, 6.45) is 0. The van der Waals surface area contributed by atoms with E-state index in [4.69, 9.17) is 9.47 Å². The number of anilines is 1. The minimum Gasteiger partial charge on any atom is -0.464 e. The molecule has 3 heterocycles. The van der Waals surface area contributed by atoms with Gasteiger partial charge in [-0.25, -0.2) is 9.59 Å². The van der Waals surface area contributed by atoms with Crippen LogP contribution in [0.3, 0.4) is 0 Å². The van der Waals surface area contributed by atoms with Crippen LogP contribution in [-0.4, -0.2) is 48.2 Å². The number of aryl methyl sites for hydroxylation is 1. The Morgan fingerprint density at radius 1 is 0.875 bits per heavy atom. The average molecular weight is 538 g/mol. The van der Waals surface area contributed by atoms with Gasteiger partial charge in [0.2, 0.25) is 11.2 Å². The molecule has 0 saturated carbocycles. The van der Waals surface area contributed by atoms with Crippen LogP contribution in [0.5, 0.6) is 0 Å². The summed E-state index contributed by atoms with van der Waals surface area (Å²) in [5, 5.41) is 4.30. The van der Waals surface area contributed by atoms with Gasteiger partial charge in [-0.05, 0) is 44.0 Å². The molecule has 1 N–H and O–H groups in total. The summed E-state index contributed by atoms with van der Waals surface area (Å²) in [7, 11) is 1.70. The molecule has 2 aliphatic rings. The molecule has 1 aromatic heterocycles. The number of hydrogen-bond acceptors (Lipinski definition) is 6. The lowest BCUT2D eigenvalue weighted by molar-refractivity contribution is -0.171. The molecule has 2 atom stereocenters. The number of nitrogens with one attached hydrogen (secondary N) is 1. The molecule has 1 amide bonds. The highest BCUT2D eigenvalue weighted by Crippen LogP contribution is 2.53. The molecule has 4 aromatic rings. The summed E-state index contributed by atoms with van der Waals surface area (Å²) in [5.74, 6) is -2.77. The number of fused-ring (bicyclic) bond motifs is 6. The van der Waals surface area contributed by atoms with E-state index in [1.165, 1.54) is 0 Å². The van der Waals surface area contributed by atoms with E-state index in [-0.39, 0.29) is 19.1 Å². The Morgan fingerprint density at radius 2 is 1.48 bits per heavy atom. The fourth-order valence-electron chi connectivity index (χ4n) is 6.59. The topological polar surface area (TPSA) is 89.9 Å². The summed E-state index contributed by atoms with van der Waals surface area (Å²) < 4.78 is 13.3. The van der Waals surface area contributed by atoms with Crippen molar-refractivity contribution in [2.24, 2.45) is 0 Å². The number of para-hydroxylation sites is 2. The standard InChI is InChI=1S/C32H31N3O5/c1-5-39-29(37)31(30(38)40-6-2)26(21-14-8-7-9-15-21)27-20(3)22-16-10-12-18-24(22)35(27)32(33-31)23-17-11-13-19-25(23)34(4)28(32)36/h7-19,26,33H,5-6H2,1-4H3/t26-,32+/m1/s1. The molecule has 6 rings (SSSR count). The number of aromatic nitrogens is 1. The minimum atomic E-state index is -2.07. The third-order valence-electron chi connectivity index (χ3n) is 8.19. The highest BCUT2D eigenvalue weighted by atomic mass is 16.6. The van der Waals surface area contributed by atoms with Gasteiger partial charge < -0.3 is 18.9 Å². The van der Waals surface area contributed by atoms with Crippen LogP contribution in [0.2, 0.25) is 0 Å². The molecule has 8 heteroatoms. The van der Waals surface area contributed by atoms with Gasteiger partial charge in [-0.2, -0.15) is 0 Å². The number of amides is 1. The third kappa shape index (κ3) is 3.20. The minimum absolute atomic E-state index is 0.0442. The first kappa shape index (κ1) is 25.8. The molecule has 2 aliphatic heterocycles. The summed E-state index contributed by atoms with van der Waals surface area (Å²) in [4.78, 5) is 44.7. The molecule has 1 spiro atoms. The first-order valence-corrected chi connectivity index (χ1v) is 13.5. The van der Waals surface area contributed by atoms with Crippen molar-refractivity contribution in [2.45, 2.75) is 37.9 Å². The zero-order chi connectivity index (χ0) is 28.2. The number of carbonyl (C=O) groups is 3. The average Bonchev–Trinajstić information content (AvgIpc) is 3.39. The van der Waals surface area contributed by atoms with E-state index in [0.29, 0.717) is 22.5 Å². The molecule has 3 aromatic carbocycles. The van der Waals surface area contributed by atoms with Gasteiger partial charge in [-0.1, -0.05) is 66.7 Å². The van der Waals surface area contributed by atoms with Crippen LogP contribution in [0.4, 0.5) is 5.69 Å². The predicted octanol–water partition coefficient (Wildman–Crippen LogP) is 4.23. The van der Waals surface area contributed by atoms with Crippen molar-refractivity contribution < 1.29 is 23.9 Å². The van der Waals surface area contributed by atoms with Crippen LogP contribution < -0.4 is 10.2 Å². The molecule has 0 saturated heterocycles. The lowest BCUT2D eigenvalue weighted by atomic mass is 9.72. The zero-order valence-electron chi connectivity index (χ0n) is 22.9. The first-order valence-electron chi connectivity index (χ1n) is 13.5. The Labute approximate surface area is 232 Å². The largest absolute Gasteiger partial charge is 0.464 e. The normalized spacial score (nSPS) is 20.9. The molecule has 40 heavy (non-hydrogen) atoms. The van der Waals surface area contributed by atoms with E-state index in [2.05, 4.69) is 5.32 Å². The fourth-order valence-corrected chi connectivity index (χ4v) is 6.59. The summed E-state index contributed by atoms with van der Waals surface area (Å²) >= 11 is 0. The van der Waals surface area contributed by atoms with Crippen molar-refractivity contribution in [3.8, 4) is 0 Å². The van der Waals surface area contributed by atoms with Crippen molar-refractivity contribution in [1.29, 1.82) is 0 Å². The maximum atomic E-state index is 14.6. The first-order chi connectivity index (χ1) is 19.3. The van der Waals surface area contributed by atoms with Gasteiger partial charge in [0.15, 0.2) is 0 Å². The third-order valence-corrected chi connectivity index (χ3v) is 8.19. The SMILES string of the molecule is CCOC(=O)C1(C(=O)OCC)N[C@]2(C(=O)N(C)c3ccccc32)n2c(c(C)c3ccccc32)[C@H]1c1ccccc1. The van der Waals surface area contributed by atoms with E-state index in [9.17, 15) is 14.4 Å². The van der Waals surface area contributed by atoms with Crippen LogP contribution >= 0.6 is 0 Å². The predicted molar refractivity (Wildman–Crippen MR) is 151 cm³/mol. The number of hydrogen-bond donors (Lipinski definition) is 1. The van der Waals surface area contributed by atoms with Crippen LogP contribution in [-0.2, 0) is 29.5 Å². The van der Waals surface area contributed by atoms with Crippen molar-refractivity contribution >= 4 is 34.4 Å². The van der Waals surface area contributed by atoms with Crippen molar-refractivity contribution in [3.05, 3.63) is 101 Å².